The van der Waals surface area contributed by atoms with Gasteiger partial charge in [-0.1, -0.05) is 25.5 Å². The van der Waals surface area contributed by atoms with Gasteiger partial charge < -0.3 is 10.6 Å². The summed E-state index contributed by atoms with van der Waals surface area (Å²) in [4.78, 5) is 23.4. The second-order valence-electron chi connectivity index (χ2n) is 5.63. The van der Waals surface area contributed by atoms with Gasteiger partial charge in [-0.3, -0.25) is 9.59 Å². The molecular formula is C16H19F3N2O2. The predicted octanol–water partition coefficient (Wildman–Crippen LogP) is 2.94. The van der Waals surface area contributed by atoms with Crippen molar-refractivity contribution in [3.63, 3.8) is 0 Å². The van der Waals surface area contributed by atoms with Crippen LogP contribution < -0.4 is 10.6 Å². The fourth-order valence-corrected chi connectivity index (χ4v) is 2.63. The van der Waals surface area contributed by atoms with Crippen LogP contribution in [0, 0.1) is 0 Å². The number of benzene rings is 1. The van der Waals surface area contributed by atoms with Gasteiger partial charge in [-0.2, -0.15) is 13.2 Å². The van der Waals surface area contributed by atoms with Gasteiger partial charge in [0.2, 0.25) is 11.8 Å². The van der Waals surface area contributed by atoms with E-state index in [1.54, 1.807) is 6.07 Å². The molecule has 126 valence electrons. The van der Waals surface area contributed by atoms with Crippen LogP contribution in [0.2, 0.25) is 0 Å². The molecule has 1 aliphatic heterocycles. The highest BCUT2D eigenvalue weighted by atomic mass is 19.4. The van der Waals surface area contributed by atoms with Crippen LogP contribution in [-0.2, 0) is 15.8 Å². The summed E-state index contributed by atoms with van der Waals surface area (Å²) < 4.78 is 38.5. The fraction of sp³-hybridized carbons (Fsp3) is 0.500. The highest BCUT2D eigenvalue weighted by Crippen LogP contribution is 2.31. The first-order valence-electron chi connectivity index (χ1n) is 7.58. The molecule has 0 saturated carbocycles. The van der Waals surface area contributed by atoms with E-state index in [-0.39, 0.29) is 11.8 Å². The maximum absolute atomic E-state index is 12.8. The van der Waals surface area contributed by atoms with E-state index in [0.717, 1.165) is 12.1 Å². The first-order valence-corrected chi connectivity index (χ1v) is 7.58. The largest absolute Gasteiger partial charge is 0.416 e. The number of nitrogens with one attached hydrogen (secondary N) is 2. The lowest BCUT2D eigenvalue weighted by atomic mass is 9.99. The van der Waals surface area contributed by atoms with Crippen LogP contribution in [0.4, 0.5) is 13.2 Å². The predicted molar refractivity (Wildman–Crippen MR) is 78.4 cm³/mol. The molecule has 4 nitrogen and oxygen atoms in total. The zero-order valence-corrected chi connectivity index (χ0v) is 12.7. The maximum Gasteiger partial charge on any atom is 0.416 e. The van der Waals surface area contributed by atoms with Crippen molar-refractivity contribution < 1.29 is 22.8 Å². The van der Waals surface area contributed by atoms with E-state index in [1.807, 2.05) is 6.92 Å². The Kier molecular flexibility index (Phi) is 5.28. The molecule has 1 aromatic carbocycles. The van der Waals surface area contributed by atoms with Gasteiger partial charge >= 0.3 is 6.18 Å². The van der Waals surface area contributed by atoms with Crippen molar-refractivity contribution in [1.82, 2.24) is 10.6 Å². The van der Waals surface area contributed by atoms with Crippen molar-refractivity contribution in [3.8, 4) is 0 Å². The quantitative estimate of drug-likeness (QED) is 0.873. The van der Waals surface area contributed by atoms with E-state index in [0.29, 0.717) is 31.2 Å². The van der Waals surface area contributed by atoms with E-state index in [4.69, 9.17) is 0 Å². The first-order chi connectivity index (χ1) is 10.8. The summed E-state index contributed by atoms with van der Waals surface area (Å²) in [5.74, 6) is -0.539. The van der Waals surface area contributed by atoms with Gasteiger partial charge in [-0.05, 0) is 30.5 Å². The van der Waals surface area contributed by atoms with Crippen molar-refractivity contribution in [3.05, 3.63) is 35.4 Å². The minimum atomic E-state index is -4.42. The van der Waals surface area contributed by atoms with Gasteiger partial charge in [0.15, 0.2) is 0 Å². The Morgan fingerprint density at radius 3 is 2.74 bits per heavy atom. The van der Waals surface area contributed by atoms with Crippen molar-refractivity contribution in [2.75, 3.05) is 0 Å². The summed E-state index contributed by atoms with van der Waals surface area (Å²) in [6.07, 6.45) is -2.49. The van der Waals surface area contributed by atoms with E-state index >= 15 is 0 Å². The molecule has 0 aliphatic carbocycles. The van der Waals surface area contributed by atoms with Gasteiger partial charge in [0.25, 0.3) is 0 Å². The van der Waals surface area contributed by atoms with Crippen molar-refractivity contribution >= 4 is 11.8 Å². The molecular weight excluding hydrogens is 309 g/mol. The van der Waals surface area contributed by atoms with Crippen LogP contribution in [-0.4, -0.2) is 17.9 Å². The maximum atomic E-state index is 12.8. The molecule has 1 aliphatic rings. The molecule has 0 unspecified atom stereocenters. The van der Waals surface area contributed by atoms with E-state index in [9.17, 15) is 22.8 Å². The highest BCUT2D eigenvalue weighted by molar-refractivity contribution is 5.90. The summed E-state index contributed by atoms with van der Waals surface area (Å²) >= 11 is 0. The van der Waals surface area contributed by atoms with E-state index in [2.05, 4.69) is 10.6 Å². The van der Waals surface area contributed by atoms with Gasteiger partial charge in [0.1, 0.15) is 6.04 Å². The third-order valence-electron chi connectivity index (χ3n) is 3.82. The Morgan fingerprint density at radius 2 is 2.17 bits per heavy atom. The number of alkyl halides is 3. The minimum Gasteiger partial charge on any atom is -0.348 e. The smallest absolute Gasteiger partial charge is 0.348 e. The Morgan fingerprint density at radius 1 is 1.43 bits per heavy atom. The summed E-state index contributed by atoms with van der Waals surface area (Å²) in [5, 5.41) is 5.31. The number of rotatable bonds is 5. The van der Waals surface area contributed by atoms with Gasteiger partial charge in [-0.25, -0.2) is 0 Å². The van der Waals surface area contributed by atoms with Crippen LogP contribution in [0.15, 0.2) is 24.3 Å². The molecule has 1 heterocycles. The summed E-state index contributed by atoms with van der Waals surface area (Å²) in [5.41, 5.74) is -0.320. The number of hydrogen-bond donors (Lipinski definition) is 2. The lowest BCUT2D eigenvalue weighted by molar-refractivity contribution is -0.137. The van der Waals surface area contributed by atoms with Crippen molar-refractivity contribution in [2.24, 2.45) is 0 Å². The Labute approximate surface area is 132 Å². The van der Waals surface area contributed by atoms with E-state index < -0.39 is 23.8 Å². The van der Waals surface area contributed by atoms with Crippen LogP contribution >= 0.6 is 0 Å². The standard InChI is InChI=1S/C16H19F3N2O2/c1-2-4-12(21-15(23)13-7-8-14(22)20-13)10-5-3-6-11(9-10)16(17,18)19/h3,5-6,9,12-13H,2,4,7-8H2,1H3,(H,20,22)(H,21,23)/t12-,13+/m0/s1. The Bertz CT molecular complexity index is 587. The van der Waals surface area contributed by atoms with Crippen LogP contribution in [0.3, 0.4) is 0 Å². The summed E-state index contributed by atoms with van der Waals surface area (Å²) in [6, 6.07) is 3.87. The molecule has 0 bridgehead atoms. The molecule has 23 heavy (non-hydrogen) atoms. The topological polar surface area (TPSA) is 58.2 Å². The van der Waals surface area contributed by atoms with Gasteiger partial charge in [0.05, 0.1) is 11.6 Å². The zero-order valence-electron chi connectivity index (χ0n) is 12.7. The van der Waals surface area contributed by atoms with Crippen LogP contribution in [0.1, 0.15) is 49.8 Å². The minimum absolute atomic E-state index is 0.184. The normalized spacial score (nSPS) is 19.3. The molecule has 2 atom stereocenters. The number of carbonyl (C=O) groups is 2. The Balaban J connectivity index is 2.15. The number of hydrogen-bond acceptors (Lipinski definition) is 2. The van der Waals surface area contributed by atoms with Crippen molar-refractivity contribution in [1.29, 1.82) is 0 Å². The zero-order chi connectivity index (χ0) is 17.0. The second kappa shape index (κ2) is 7.02. The molecule has 2 amide bonds. The molecule has 7 heteroatoms. The molecule has 0 spiro atoms. The number of amides is 2. The van der Waals surface area contributed by atoms with Crippen molar-refractivity contribution in [2.45, 2.75) is 50.9 Å². The molecule has 1 aromatic rings. The third-order valence-corrected chi connectivity index (χ3v) is 3.82. The number of carbonyl (C=O) groups excluding carboxylic acids is 2. The van der Waals surface area contributed by atoms with Crippen LogP contribution in [0.5, 0.6) is 0 Å². The molecule has 2 N–H and O–H groups in total. The molecule has 1 fully saturated rings. The summed E-state index contributed by atoms with van der Waals surface area (Å²) in [7, 11) is 0. The lowest BCUT2D eigenvalue weighted by Crippen LogP contribution is -2.43. The highest BCUT2D eigenvalue weighted by Gasteiger charge is 2.32. The first kappa shape index (κ1) is 17.3. The monoisotopic (exact) mass is 328 g/mol. The second-order valence-corrected chi connectivity index (χ2v) is 5.63. The van der Waals surface area contributed by atoms with Gasteiger partial charge in [-0.15, -0.1) is 0 Å². The molecule has 2 rings (SSSR count). The van der Waals surface area contributed by atoms with Crippen LogP contribution in [0.25, 0.3) is 0 Å². The molecule has 1 saturated heterocycles. The number of halogens is 3. The summed E-state index contributed by atoms with van der Waals surface area (Å²) in [6.45, 7) is 1.89. The lowest BCUT2D eigenvalue weighted by Gasteiger charge is -2.22. The average Bonchev–Trinajstić information content (AvgIpc) is 2.93. The molecule has 0 aromatic heterocycles. The SMILES string of the molecule is CCC[C@H](NC(=O)[C@H]1CCC(=O)N1)c1cccc(C(F)(F)F)c1. The fourth-order valence-electron chi connectivity index (χ4n) is 2.63. The molecule has 0 radical (unpaired) electrons. The Hall–Kier alpha value is -2.05. The third kappa shape index (κ3) is 4.46. The van der Waals surface area contributed by atoms with E-state index in [1.165, 1.54) is 6.07 Å². The van der Waals surface area contributed by atoms with Gasteiger partial charge in [0, 0.05) is 6.42 Å². The average molecular weight is 328 g/mol.